The number of hydrogen-bond acceptors (Lipinski definition) is 3. The first-order valence-corrected chi connectivity index (χ1v) is 7.30. The molecule has 0 bridgehead atoms. The molecule has 2 heterocycles. The summed E-state index contributed by atoms with van der Waals surface area (Å²) < 4.78 is 5.47. The van der Waals surface area contributed by atoms with Crippen LogP contribution in [0.25, 0.3) is 0 Å². The van der Waals surface area contributed by atoms with Gasteiger partial charge in [0.25, 0.3) is 0 Å². The van der Waals surface area contributed by atoms with Gasteiger partial charge in [0.2, 0.25) is 0 Å². The highest BCUT2D eigenvalue weighted by Crippen LogP contribution is 2.23. The lowest BCUT2D eigenvalue weighted by molar-refractivity contribution is 0.0251. The van der Waals surface area contributed by atoms with Crippen molar-refractivity contribution >= 4 is 0 Å². The van der Waals surface area contributed by atoms with Crippen LogP contribution in [-0.2, 0) is 4.74 Å². The molecule has 100 valence electrons. The van der Waals surface area contributed by atoms with Crippen molar-refractivity contribution < 1.29 is 4.74 Å². The largest absolute Gasteiger partial charge is 0.381 e. The van der Waals surface area contributed by atoms with Crippen molar-refractivity contribution in [3.63, 3.8) is 0 Å². The smallest absolute Gasteiger partial charge is 0.0469 e. The zero-order chi connectivity index (χ0) is 12.1. The zero-order valence-electron chi connectivity index (χ0n) is 11.5. The first-order valence-electron chi connectivity index (χ1n) is 7.30. The fraction of sp³-hybridized carbons (Fsp3) is 1.00. The van der Waals surface area contributed by atoms with Gasteiger partial charge in [-0.05, 0) is 57.7 Å². The number of hydrogen-bond donors (Lipinski definition) is 1. The van der Waals surface area contributed by atoms with Crippen LogP contribution >= 0.6 is 0 Å². The summed E-state index contributed by atoms with van der Waals surface area (Å²) in [5, 5.41) is 3.53. The fourth-order valence-corrected chi connectivity index (χ4v) is 3.18. The molecule has 0 aromatic heterocycles. The van der Waals surface area contributed by atoms with Gasteiger partial charge in [-0.3, -0.25) is 0 Å². The summed E-state index contributed by atoms with van der Waals surface area (Å²) in [5.74, 6) is 1.63. The molecule has 1 N–H and O–H groups in total. The van der Waals surface area contributed by atoms with Crippen molar-refractivity contribution in [2.75, 3.05) is 39.4 Å². The van der Waals surface area contributed by atoms with Gasteiger partial charge in [-0.1, -0.05) is 6.92 Å². The molecule has 2 unspecified atom stereocenters. The molecule has 0 saturated carbocycles. The van der Waals surface area contributed by atoms with E-state index in [2.05, 4.69) is 24.1 Å². The molecule has 2 rings (SSSR count). The molecule has 2 fully saturated rings. The maximum Gasteiger partial charge on any atom is 0.0469 e. The van der Waals surface area contributed by atoms with E-state index in [9.17, 15) is 0 Å². The van der Waals surface area contributed by atoms with Gasteiger partial charge in [-0.15, -0.1) is 0 Å². The molecule has 2 aliphatic rings. The minimum absolute atomic E-state index is 0.736. The van der Waals surface area contributed by atoms with E-state index in [0.29, 0.717) is 0 Å². The van der Waals surface area contributed by atoms with E-state index in [1.165, 1.54) is 45.4 Å². The molecule has 3 nitrogen and oxygen atoms in total. The molecular formula is C14H28N2O. The van der Waals surface area contributed by atoms with Gasteiger partial charge in [-0.2, -0.15) is 0 Å². The average Bonchev–Trinajstić information content (AvgIpc) is 2.34. The molecule has 2 saturated heterocycles. The molecule has 2 aliphatic heterocycles. The maximum absolute atomic E-state index is 5.47. The second-order valence-corrected chi connectivity index (χ2v) is 5.85. The number of nitrogens with one attached hydrogen (secondary N) is 1. The average molecular weight is 240 g/mol. The first kappa shape index (κ1) is 13.3. The van der Waals surface area contributed by atoms with Crippen LogP contribution in [0, 0.1) is 11.8 Å². The predicted molar refractivity (Wildman–Crippen MR) is 71.2 cm³/mol. The van der Waals surface area contributed by atoms with E-state index in [-0.39, 0.29) is 0 Å². The lowest BCUT2D eigenvalue weighted by Crippen LogP contribution is -2.46. The molecule has 0 aliphatic carbocycles. The normalized spacial score (nSPS) is 31.8. The summed E-state index contributed by atoms with van der Waals surface area (Å²) in [6.45, 7) is 11.6. The van der Waals surface area contributed by atoms with Crippen molar-refractivity contribution in [2.24, 2.45) is 11.8 Å². The standard InChI is InChI=1S/C14H28N2O/c1-12-10-15-6-3-7-16(11-12)13(2)14-4-8-17-9-5-14/h12-15H,3-11H2,1-2H3. The Hall–Kier alpha value is -0.120. The van der Waals surface area contributed by atoms with Gasteiger partial charge in [0.15, 0.2) is 0 Å². The highest BCUT2D eigenvalue weighted by molar-refractivity contribution is 4.80. The maximum atomic E-state index is 5.47. The van der Waals surface area contributed by atoms with Crippen molar-refractivity contribution in [3.05, 3.63) is 0 Å². The summed E-state index contributed by atoms with van der Waals surface area (Å²) in [5.41, 5.74) is 0. The van der Waals surface area contributed by atoms with Gasteiger partial charge >= 0.3 is 0 Å². The van der Waals surface area contributed by atoms with Crippen LogP contribution < -0.4 is 5.32 Å². The fourth-order valence-electron chi connectivity index (χ4n) is 3.18. The molecule has 0 spiro atoms. The second-order valence-electron chi connectivity index (χ2n) is 5.85. The summed E-state index contributed by atoms with van der Waals surface area (Å²) >= 11 is 0. The third kappa shape index (κ3) is 3.94. The Balaban J connectivity index is 1.88. The van der Waals surface area contributed by atoms with Gasteiger partial charge in [0.05, 0.1) is 0 Å². The Labute approximate surface area is 106 Å². The highest BCUT2D eigenvalue weighted by Gasteiger charge is 2.26. The molecule has 2 atom stereocenters. The molecule has 0 amide bonds. The van der Waals surface area contributed by atoms with Crippen molar-refractivity contribution in [2.45, 2.75) is 39.2 Å². The van der Waals surface area contributed by atoms with Crippen LogP contribution in [0.1, 0.15) is 33.1 Å². The predicted octanol–water partition coefficient (Wildman–Crippen LogP) is 1.73. The van der Waals surface area contributed by atoms with Crippen molar-refractivity contribution in [3.8, 4) is 0 Å². The third-order valence-corrected chi connectivity index (χ3v) is 4.36. The Kier molecular flexibility index (Phi) is 5.26. The topological polar surface area (TPSA) is 24.5 Å². The van der Waals surface area contributed by atoms with Gasteiger partial charge < -0.3 is 15.0 Å². The summed E-state index contributed by atoms with van der Waals surface area (Å²) in [6.07, 6.45) is 3.80. The molecule has 0 aromatic rings. The van der Waals surface area contributed by atoms with E-state index < -0.39 is 0 Å². The first-order chi connectivity index (χ1) is 8.27. The second kappa shape index (κ2) is 6.72. The lowest BCUT2D eigenvalue weighted by Gasteiger charge is -2.39. The summed E-state index contributed by atoms with van der Waals surface area (Å²) in [7, 11) is 0. The Morgan fingerprint density at radius 3 is 2.82 bits per heavy atom. The van der Waals surface area contributed by atoms with Gasteiger partial charge in [0.1, 0.15) is 0 Å². The Morgan fingerprint density at radius 2 is 2.06 bits per heavy atom. The van der Waals surface area contributed by atoms with E-state index in [1.807, 2.05) is 0 Å². The zero-order valence-corrected chi connectivity index (χ0v) is 11.5. The molecule has 0 aromatic carbocycles. The lowest BCUT2D eigenvalue weighted by atomic mass is 9.91. The Bertz CT molecular complexity index is 216. The van der Waals surface area contributed by atoms with Crippen LogP contribution in [0.3, 0.4) is 0 Å². The number of rotatable bonds is 2. The van der Waals surface area contributed by atoms with Crippen LogP contribution in [0.2, 0.25) is 0 Å². The quantitative estimate of drug-likeness (QED) is 0.795. The van der Waals surface area contributed by atoms with Crippen LogP contribution in [0.4, 0.5) is 0 Å². The van der Waals surface area contributed by atoms with Crippen LogP contribution in [0.15, 0.2) is 0 Å². The van der Waals surface area contributed by atoms with E-state index in [4.69, 9.17) is 4.74 Å². The van der Waals surface area contributed by atoms with E-state index in [1.54, 1.807) is 0 Å². The summed E-state index contributed by atoms with van der Waals surface area (Å²) in [6, 6.07) is 0.736. The molecule has 3 heteroatoms. The van der Waals surface area contributed by atoms with Crippen molar-refractivity contribution in [1.82, 2.24) is 10.2 Å². The Morgan fingerprint density at radius 1 is 1.29 bits per heavy atom. The van der Waals surface area contributed by atoms with Crippen LogP contribution in [-0.4, -0.2) is 50.3 Å². The summed E-state index contributed by atoms with van der Waals surface area (Å²) in [4.78, 5) is 2.72. The highest BCUT2D eigenvalue weighted by atomic mass is 16.5. The van der Waals surface area contributed by atoms with Gasteiger partial charge in [-0.25, -0.2) is 0 Å². The molecular weight excluding hydrogens is 212 g/mol. The van der Waals surface area contributed by atoms with Crippen molar-refractivity contribution in [1.29, 1.82) is 0 Å². The van der Waals surface area contributed by atoms with Gasteiger partial charge in [0, 0.05) is 25.8 Å². The minimum atomic E-state index is 0.736. The number of ether oxygens (including phenoxy) is 1. The third-order valence-electron chi connectivity index (χ3n) is 4.36. The molecule has 0 radical (unpaired) electrons. The van der Waals surface area contributed by atoms with E-state index >= 15 is 0 Å². The number of nitrogens with zero attached hydrogens (tertiary/aromatic N) is 1. The van der Waals surface area contributed by atoms with E-state index in [0.717, 1.165) is 31.1 Å². The van der Waals surface area contributed by atoms with Crippen LogP contribution in [0.5, 0.6) is 0 Å². The molecule has 17 heavy (non-hydrogen) atoms. The minimum Gasteiger partial charge on any atom is -0.381 e. The SMILES string of the molecule is CC1CNCCCN(C(C)C2CCOCC2)C1. The monoisotopic (exact) mass is 240 g/mol.